The Hall–Kier alpha value is -0.540. The summed E-state index contributed by atoms with van der Waals surface area (Å²) in [4.78, 5) is 5.23. The van der Waals surface area contributed by atoms with E-state index < -0.39 is 5.54 Å². The first-order chi connectivity index (χ1) is 5.32. The van der Waals surface area contributed by atoms with Crippen LogP contribution in [0.25, 0.3) is 0 Å². The van der Waals surface area contributed by atoms with Crippen molar-refractivity contribution in [3.63, 3.8) is 0 Å². The summed E-state index contributed by atoms with van der Waals surface area (Å²) in [5.41, 5.74) is -0.652. The van der Waals surface area contributed by atoms with Crippen LogP contribution < -0.4 is 0 Å². The zero-order chi connectivity index (χ0) is 9.57. The third-order valence-electron chi connectivity index (χ3n) is 2.33. The first kappa shape index (κ1) is 9.55. The Labute approximate surface area is 73.6 Å². The van der Waals surface area contributed by atoms with Crippen LogP contribution in [0.15, 0.2) is 11.8 Å². The Kier molecular flexibility index (Phi) is 1.97. The molecule has 0 aliphatic carbocycles. The molecule has 0 spiro atoms. The quantitative estimate of drug-likeness (QED) is 0.653. The van der Waals surface area contributed by atoms with Crippen molar-refractivity contribution in [3.8, 4) is 0 Å². The maximum absolute atomic E-state index is 9.63. The molecule has 1 aliphatic rings. The van der Waals surface area contributed by atoms with Gasteiger partial charge in [-0.15, -0.1) is 0 Å². The number of rotatable bonds is 1. The van der Waals surface area contributed by atoms with Gasteiger partial charge in [0.15, 0.2) is 0 Å². The van der Waals surface area contributed by atoms with Crippen molar-refractivity contribution in [2.24, 2.45) is 0 Å². The predicted octanol–water partition coefficient (Wildman–Crippen LogP) is 1.86. The van der Waals surface area contributed by atoms with Gasteiger partial charge in [-0.05, 0) is 33.8 Å². The van der Waals surface area contributed by atoms with Crippen LogP contribution >= 0.6 is 0 Å². The van der Waals surface area contributed by atoms with Crippen LogP contribution in [0.1, 0.15) is 27.7 Å². The Morgan fingerprint density at radius 2 is 1.83 bits per heavy atom. The number of hydrogen-bond donors (Lipinski definition) is 1. The molecule has 0 saturated carbocycles. The summed E-state index contributed by atoms with van der Waals surface area (Å²) in [5.74, 6) is 0.370. The molecule has 0 saturated heterocycles. The summed E-state index contributed by atoms with van der Waals surface area (Å²) in [6, 6.07) is 0. The van der Waals surface area contributed by atoms with Crippen LogP contribution in [-0.2, 0) is 4.84 Å². The largest absolute Gasteiger partial charge is 0.511 e. The van der Waals surface area contributed by atoms with Crippen molar-refractivity contribution in [3.05, 3.63) is 11.8 Å². The highest BCUT2D eigenvalue weighted by molar-refractivity contribution is 5.23. The smallest absolute Gasteiger partial charge is 0.112 e. The molecule has 12 heavy (non-hydrogen) atoms. The molecule has 0 unspecified atom stereocenters. The maximum Gasteiger partial charge on any atom is 0.112 e. The molecular weight excluding hydrogens is 154 g/mol. The predicted molar refractivity (Wildman–Crippen MR) is 47.7 cm³/mol. The molecular formula is C9H17NO2. The second-order valence-electron chi connectivity index (χ2n) is 4.22. The SMILES string of the molecule is CON1C(C)(C)C=C(O)C1(C)C. The van der Waals surface area contributed by atoms with Crippen molar-refractivity contribution in [1.82, 2.24) is 5.06 Å². The highest BCUT2D eigenvalue weighted by Gasteiger charge is 2.46. The molecule has 70 valence electrons. The van der Waals surface area contributed by atoms with E-state index in [1.165, 1.54) is 0 Å². The van der Waals surface area contributed by atoms with Crippen molar-refractivity contribution in [1.29, 1.82) is 0 Å². The first-order valence-corrected chi connectivity index (χ1v) is 4.09. The molecule has 3 nitrogen and oxygen atoms in total. The van der Waals surface area contributed by atoms with E-state index in [-0.39, 0.29) is 5.54 Å². The summed E-state index contributed by atoms with van der Waals surface area (Å²) < 4.78 is 0. The molecule has 0 aromatic heterocycles. The second kappa shape index (κ2) is 2.47. The third-order valence-corrected chi connectivity index (χ3v) is 2.33. The Morgan fingerprint density at radius 3 is 2.00 bits per heavy atom. The fraction of sp³-hybridized carbons (Fsp3) is 0.778. The summed E-state index contributed by atoms with van der Waals surface area (Å²) in [7, 11) is 1.62. The molecule has 1 heterocycles. The Bertz CT molecular complexity index is 219. The fourth-order valence-electron chi connectivity index (χ4n) is 1.86. The lowest BCUT2D eigenvalue weighted by atomic mass is 10.1. The van der Waals surface area contributed by atoms with Crippen LogP contribution in [0.5, 0.6) is 0 Å². The van der Waals surface area contributed by atoms with Gasteiger partial charge in [0.1, 0.15) is 5.76 Å². The van der Waals surface area contributed by atoms with E-state index in [1.807, 2.05) is 33.8 Å². The van der Waals surface area contributed by atoms with Crippen LogP contribution in [0.4, 0.5) is 0 Å². The molecule has 1 rings (SSSR count). The monoisotopic (exact) mass is 171 g/mol. The van der Waals surface area contributed by atoms with Crippen LogP contribution in [0, 0.1) is 0 Å². The minimum absolute atomic E-state index is 0.234. The van der Waals surface area contributed by atoms with Gasteiger partial charge in [0.25, 0.3) is 0 Å². The standard InChI is InChI=1S/C9H17NO2/c1-8(2)6-7(11)9(3,4)10(8)12-5/h6,11H,1-5H3. The summed E-state index contributed by atoms with van der Waals surface area (Å²) in [5, 5.41) is 11.4. The molecule has 0 atom stereocenters. The topological polar surface area (TPSA) is 32.7 Å². The molecule has 0 bridgehead atoms. The van der Waals surface area contributed by atoms with Gasteiger partial charge in [0, 0.05) is 0 Å². The van der Waals surface area contributed by atoms with Gasteiger partial charge in [-0.1, -0.05) is 0 Å². The normalized spacial score (nSPS) is 27.2. The van der Waals surface area contributed by atoms with Gasteiger partial charge in [0.05, 0.1) is 18.2 Å². The van der Waals surface area contributed by atoms with Gasteiger partial charge in [-0.2, -0.15) is 5.06 Å². The molecule has 0 aromatic rings. The van der Waals surface area contributed by atoms with E-state index >= 15 is 0 Å². The second-order valence-corrected chi connectivity index (χ2v) is 4.22. The number of aliphatic hydroxyl groups excluding tert-OH is 1. The summed E-state index contributed by atoms with van der Waals surface area (Å²) in [6.45, 7) is 7.86. The highest BCUT2D eigenvalue weighted by Crippen LogP contribution is 2.38. The van der Waals surface area contributed by atoms with E-state index in [0.29, 0.717) is 5.76 Å². The van der Waals surface area contributed by atoms with Gasteiger partial charge in [-0.3, -0.25) is 0 Å². The van der Waals surface area contributed by atoms with E-state index in [0.717, 1.165) is 0 Å². The number of aliphatic hydroxyl groups is 1. The lowest BCUT2D eigenvalue weighted by molar-refractivity contribution is -0.217. The number of nitrogens with zero attached hydrogens (tertiary/aromatic N) is 1. The average Bonchev–Trinajstić information content (AvgIpc) is 1.99. The molecule has 1 aliphatic heterocycles. The van der Waals surface area contributed by atoms with E-state index in [1.54, 1.807) is 12.2 Å². The Morgan fingerprint density at radius 1 is 1.33 bits per heavy atom. The van der Waals surface area contributed by atoms with E-state index in [9.17, 15) is 5.11 Å². The van der Waals surface area contributed by atoms with Crippen molar-refractivity contribution < 1.29 is 9.94 Å². The lowest BCUT2D eigenvalue weighted by Crippen LogP contribution is -2.49. The molecule has 0 amide bonds. The third kappa shape index (κ3) is 1.13. The van der Waals surface area contributed by atoms with Crippen LogP contribution in [0.2, 0.25) is 0 Å². The molecule has 1 N–H and O–H groups in total. The van der Waals surface area contributed by atoms with E-state index in [4.69, 9.17) is 4.84 Å². The van der Waals surface area contributed by atoms with Crippen LogP contribution in [0.3, 0.4) is 0 Å². The van der Waals surface area contributed by atoms with Gasteiger partial charge in [0.2, 0.25) is 0 Å². The van der Waals surface area contributed by atoms with Gasteiger partial charge < -0.3 is 9.94 Å². The van der Waals surface area contributed by atoms with E-state index in [2.05, 4.69) is 0 Å². The highest BCUT2D eigenvalue weighted by atomic mass is 16.7. The molecule has 0 radical (unpaired) electrons. The molecule has 0 fully saturated rings. The zero-order valence-corrected chi connectivity index (χ0v) is 8.38. The van der Waals surface area contributed by atoms with Crippen molar-refractivity contribution in [2.75, 3.05) is 7.11 Å². The minimum Gasteiger partial charge on any atom is -0.511 e. The van der Waals surface area contributed by atoms with Crippen molar-refractivity contribution in [2.45, 2.75) is 38.8 Å². The summed E-state index contributed by atoms with van der Waals surface area (Å²) in [6.07, 6.45) is 1.82. The maximum atomic E-state index is 9.63. The number of hydroxylamine groups is 2. The van der Waals surface area contributed by atoms with Gasteiger partial charge >= 0.3 is 0 Å². The number of hydrogen-bond acceptors (Lipinski definition) is 3. The van der Waals surface area contributed by atoms with Gasteiger partial charge in [-0.25, -0.2) is 0 Å². The van der Waals surface area contributed by atoms with Crippen molar-refractivity contribution >= 4 is 0 Å². The average molecular weight is 171 g/mol. The fourth-order valence-corrected chi connectivity index (χ4v) is 1.86. The zero-order valence-electron chi connectivity index (χ0n) is 8.38. The van der Waals surface area contributed by atoms with Crippen LogP contribution in [-0.4, -0.2) is 28.4 Å². The molecule has 3 heteroatoms. The minimum atomic E-state index is -0.418. The lowest BCUT2D eigenvalue weighted by Gasteiger charge is -2.37. The summed E-state index contributed by atoms with van der Waals surface area (Å²) >= 11 is 0. The first-order valence-electron chi connectivity index (χ1n) is 4.09. The Balaban J connectivity index is 3.03. The molecule has 0 aromatic carbocycles.